The third-order valence-corrected chi connectivity index (χ3v) is 4.28. The van der Waals surface area contributed by atoms with Crippen LogP contribution in [0, 0.1) is 11.3 Å². The molecule has 0 saturated heterocycles. The molecule has 0 amide bonds. The first-order valence-corrected chi connectivity index (χ1v) is 6.36. The van der Waals surface area contributed by atoms with Gasteiger partial charge in [-0.15, -0.1) is 0 Å². The lowest BCUT2D eigenvalue weighted by Gasteiger charge is -2.40. The topological polar surface area (TPSA) is 26.3 Å². The van der Waals surface area contributed by atoms with Crippen molar-refractivity contribution in [3.63, 3.8) is 0 Å². The fraction of sp³-hybridized carbons (Fsp3) is 0.786. The van der Waals surface area contributed by atoms with E-state index in [0.29, 0.717) is 5.41 Å². The van der Waals surface area contributed by atoms with E-state index in [4.69, 9.17) is 4.74 Å². The summed E-state index contributed by atoms with van der Waals surface area (Å²) in [6, 6.07) is 0. The van der Waals surface area contributed by atoms with Crippen LogP contribution in [-0.4, -0.2) is 13.1 Å². The third kappa shape index (κ3) is 1.90. The Kier molecular flexibility index (Phi) is 3.09. The molecule has 1 unspecified atom stereocenters. The number of rotatable bonds is 1. The van der Waals surface area contributed by atoms with Gasteiger partial charge >= 0.3 is 5.97 Å². The van der Waals surface area contributed by atoms with Crippen molar-refractivity contribution in [2.75, 3.05) is 7.11 Å². The highest BCUT2D eigenvalue weighted by Gasteiger charge is 2.37. The first-order valence-electron chi connectivity index (χ1n) is 6.36. The van der Waals surface area contributed by atoms with Crippen LogP contribution >= 0.6 is 0 Å². The van der Waals surface area contributed by atoms with Crippen LogP contribution in [0.2, 0.25) is 0 Å². The van der Waals surface area contributed by atoms with Crippen LogP contribution in [0.4, 0.5) is 0 Å². The summed E-state index contributed by atoms with van der Waals surface area (Å²) in [7, 11) is 1.51. The Balaban J connectivity index is 2.34. The van der Waals surface area contributed by atoms with Crippen LogP contribution < -0.4 is 0 Å². The minimum absolute atomic E-state index is 0.0232. The average Bonchev–Trinajstić information content (AvgIpc) is 2.27. The van der Waals surface area contributed by atoms with E-state index in [0.717, 1.165) is 19.3 Å². The molecule has 0 fully saturated rings. The number of methoxy groups -OCH3 is 1. The predicted molar refractivity (Wildman–Crippen MR) is 64.0 cm³/mol. The Labute approximate surface area is 98.1 Å². The molecule has 0 N–H and O–H groups in total. The molecule has 0 aromatic carbocycles. The molecule has 2 nitrogen and oxygen atoms in total. The second-order valence-electron chi connectivity index (χ2n) is 5.71. The quantitative estimate of drug-likeness (QED) is 0.501. The van der Waals surface area contributed by atoms with Crippen molar-refractivity contribution >= 4 is 5.97 Å². The van der Waals surface area contributed by atoms with Crippen LogP contribution in [0.3, 0.4) is 0 Å². The fourth-order valence-electron chi connectivity index (χ4n) is 3.40. The highest BCUT2D eigenvalue weighted by Crippen LogP contribution is 2.48. The summed E-state index contributed by atoms with van der Waals surface area (Å²) in [6.45, 7) is 4.64. The monoisotopic (exact) mass is 222 g/mol. The first kappa shape index (κ1) is 11.7. The molecule has 0 aromatic heterocycles. The molecule has 0 aliphatic heterocycles. The Morgan fingerprint density at radius 1 is 1.31 bits per heavy atom. The largest absolute Gasteiger partial charge is 0.469 e. The molecule has 0 bridgehead atoms. The number of ether oxygens (including phenoxy) is 1. The molecular weight excluding hydrogens is 200 g/mol. The molecule has 0 heterocycles. The van der Waals surface area contributed by atoms with E-state index in [1.165, 1.54) is 31.9 Å². The summed E-state index contributed by atoms with van der Waals surface area (Å²) in [5.74, 6) is 0.0400. The van der Waals surface area contributed by atoms with Crippen LogP contribution in [-0.2, 0) is 9.53 Å². The van der Waals surface area contributed by atoms with E-state index in [-0.39, 0.29) is 11.9 Å². The lowest BCUT2D eigenvalue weighted by atomic mass is 9.65. The van der Waals surface area contributed by atoms with Gasteiger partial charge in [0, 0.05) is 0 Å². The zero-order valence-electron chi connectivity index (χ0n) is 10.6. The summed E-state index contributed by atoms with van der Waals surface area (Å²) in [4.78, 5) is 11.8. The standard InChI is InChI=1S/C14H22O2/c1-14(2)9-5-7-10-11(13(15)16-3)6-4-8-12(10)14/h11H,4-9H2,1-3H3. The minimum atomic E-state index is -0.0232. The van der Waals surface area contributed by atoms with Gasteiger partial charge in [-0.3, -0.25) is 4.79 Å². The molecule has 2 aliphatic carbocycles. The second kappa shape index (κ2) is 4.23. The smallest absolute Gasteiger partial charge is 0.312 e. The summed E-state index contributed by atoms with van der Waals surface area (Å²) >= 11 is 0. The van der Waals surface area contributed by atoms with Crippen LogP contribution in [0.15, 0.2) is 11.1 Å². The van der Waals surface area contributed by atoms with Crippen LogP contribution in [0.1, 0.15) is 52.4 Å². The predicted octanol–water partition coefficient (Wildman–Crippen LogP) is 3.47. The first-order chi connectivity index (χ1) is 7.56. The SMILES string of the molecule is COC(=O)C1CCCC2=C1CCCC2(C)C. The normalized spacial score (nSPS) is 28.6. The number of carbonyl (C=O) groups excluding carboxylic acids is 1. The number of allylic oxidation sites excluding steroid dienone is 1. The van der Waals surface area contributed by atoms with Crippen LogP contribution in [0.25, 0.3) is 0 Å². The highest BCUT2D eigenvalue weighted by atomic mass is 16.5. The van der Waals surface area contributed by atoms with Gasteiger partial charge in [0.05, 0.1) is 13.0 Å². The second-order valence-corrected chi connectivity index (χ2v) is 5.71. The molecular formula is C14H22O2. The zero-order chi connectivity index (χ0) is 11.8. The summed E-state index contributed by atoms with van der Waals surface area (Å²) < 4.78 is 4.93. The maximum absolute atomic E-state index is 11.8. The van der Waals surface area contributed by atoms with Gasteiger partial charge in [-0.1, -0.05) is 25.0 Å². The van der Waals surface area contributed by atoms with Crippen molar-refractivity contribution in [1.82, 2.24) is 0 Å². The molecule has 0 spiro atoms. The highest BCUT2D eigenvalue weighted by molar-refractivity contribution is 5.76. The Morgan fingerprint density at radius 3 is 2.75 bits per heavy atom. The van der Waals surface area contributed by atoms with Crippen molar-refractivity contribution in [1.29, 1.82) is 0 Å². The average molecular weight is 222 g/mol. The molecule has 2 aliphatic rings. The summed E-state index contributed by atoms with van der Waals surface area (Å²) in [5, 5.41) is 0. The van der Waals surface area contributed by atoms with Gasteiger partial charge in [-0.2, -0.15) is 0 Å². The Morgan fingerprint density at radius 2 is 2.06 bits per heavy atom. The molecule has 0 saturated carbocycles. The number of hydrogen-bond donors (Lipinski definition) is 0. The van der Waals surface area contributed by atoms with Crippen molar-refractivity contribution in [2.24, 2.45) is 11.3 Å². The molecule has 2 heteroatoms. The van der Waals surface area contributed by atoms with Crippen molar-refractivity contribution in [3.8, 4) is 0 Å². The van der Waals surface area contributed by atoms with E-state index in [1.807, 2.05) is 0 Å². The van der Waals surface area contributed by atoms with Gasteiger partial charge in [0.15, 0.2) is 0 Å². The lowest BCUT2D eigenvalue weighted by molar-refractivity contribution is -0.144. The Hall–Kier alpha value is -0.790. The van der Waals surface area contributed by atoms with Gasteiger partial charge in [0.2, 0.25) is 0 Å². The minimum Gasteiger partial charge on any atom is -0.469 e. The number of hydrogen-bond acceptors (Lipinski definition) is 2. The molecule has 1 atom stereocenters. The van der Waals surface area contributed by atoms with Crippen molar-refractivity contribution < 1.29 is 9.53 Å². The number of carbonyl (C=O) groups is 1. The molecule has 0 aromatic rings. The lowest BCUT2D eigenvalue weighted by Crippen LogP contribution is -2.30. The molecule has 90 valence electrons. The molecule has 16 heavy (non-hydrogen) atoms. The van der Waals surface area contributed by atoms with E-state index in [1.54, 1.807) is 5.57 Å². The van der Waals surface area contributed by atoms with Crippen molar-refractivity contribution in [2.45, 2.75) is 52.4 Å². The maximum Gasteiger partial charge on any atom is 0.312 e. The Bertz CT molecular complexity index is 326. The zero-order valence-corrected chi connectivity index (χ0v) is 10.6. The summed E-state index contributed by atoms with van der Waals surface area (Å²) in [6.07, 6.45) is 6.91. The van der Waals surface area contributed by atoms with Gasteiger partial charge in [0.1, 0.15) is 0 Å². The van der Waals surface area contributed by atoms with Crippen molar-refractivity contribution in [3.05, 3.63) is 11.1 Å². The summed E-state index contributed by atoms with van der Waals surface area (Å²) in [5.41, 5.74) is 3.27. The van der Waals surface area contributed by atoms with E-state index in [2.05, 4.69) is 13.8 Å². The third-order valence-electron chi connectivity index (χ3n) is 4.28. The van der Waals surface area contributed by atoms with E-state index in [9.17, 15) is 4.79 Å². The van der Waals surface area contributed by atoms with E-state index >= 15 is 0 Å². The van der Waals surface area contributed by atoms with Gasteiger partial charge in [0.25, 0.3) is 0 Å². The van der Waals surface area contributed by atoms with Gasteiger partial charge in [-0.05, 0) is 43.9 Å². The fourth-order valence-corrected chi connectivity index (χ4v) is 3.40. The van der Waals surface area contributed by atoms with Crippen LogP contribution in [0.5, 0.6) is 0 Å². The maximum atomic E-state index is 11.8. The van der Waals surface area contributed by atoms with Gasteiger partial charge < -0.3 is 4.74 Å². The van der Waals surface area contributed by atoms with E-state index < -0.39 is 0 Å². The number of esters is 1. The van der Waals surface area contributed by atoms with Gasteiger partial charge in [-0.25, -0.2) is 0 Å². The molecule has 2 rings (SSSR count). The molecule has 0 radical (unpaired) electrons.